The lowest BCUT2D eigenvalue weighted by atomic mass is 9.93. The van der Waals surface area contributed by atoms with Gasteiger partial charge in [-0.15, -0.1) is 0 Å². The van der Waals surface area contributed by atoms with Crippen LogP contribution in [0.1, 0.15) is 66.7 Å². The van der Waals surface area contributed by atoms with Gasteiger partial charge in [-0.05, 0) is 68.0 Å². The molecule has 2 aliphatic heterocycles. The first-order chi connectivity index (χ1) is 14.4. The Hall–Kier alpha value is -2.33. The number of nitrogens with zero attached hydrogens (tertiary/aromatic N) is 1. The van der Waals surface area contributed by atoms with E-state index in [1.54, 1.807) is 0 Å². The Kier molecular flexibility index (Phi) is 5.88. The van der Waals surface area contributed by atoms with Gasteiger partial charge in [0.05, 0.1) is 5.56 Å². The molecule has 160 valence electrons. The number of amides is 1. The standard InChI is InChI=1S/C26H34N2O2/c1-5-11-28-17-20-10-8-7-9-19(20)14-22(28)16-27-25(29)23-13-18(6-2)12-21-15-26(3,4)30-24(21)23/h7-10,12-13,22H,5-6,11,14-17H2,1-4H3,(H,27,29)/t22-/m0/s1. The first-order valence-corrected chi connectivity index (χ1v) is 11.3. The third-order valence-corrected chi connectivity index (χ3v) is 6.35. The highest BCUT2D eigenvalue weighted by Crippen LogP contribution is 2.38. The second-order valence-corrected chi connectivity index (χ2v) is 9.33. The fourth-order valence-corrected chi connectivity index (χ4v) is 4.85. The maximum absolute atomic E-state index is 13.2. The van der Waals surface area contributed by atoms with Crippen molar-refractivity contribution in [3.8, 4) is 5.75 Å². The van der Waals surface area contributed by atoms with Gasteiger partial charge in [0.1, 0.15) is 11.4 Å². The van der Waals surface area contributed by atoms with E-state index in [4.69, 9.17) is 4.74 Å². The van der Waals surface area contributed by atoms with Crippen molar-refractivity contribution in [1.82, 2.24) is 10.2 Å². The molecule has 0 saturated carbocycles. The number of carbonyl (C=O) groups is 1. The lowest BCUT2D eigenvalue weighted by Gasteiger charge is -2.37. The van der Waals surface area contributed by atoms with Crippen LogP contribution in [0.25, 0.3) is 0 Å². The van der Waals surface area contributed by atoms with E-state index < -0.39 is 0 Å². The predicted molar refractivity (Wildman–Crippen MR) is 121 cm³/mol. The second kappa shape index (κ2) is 8.43. The molecule has 0 aliphatic carbocycles. The molecule has 4 heteroatoms. The summed E-state index contributed by atoms with van der Waals surface area (Å²) in [6.45, 7) is 11.2. The molecule has 0 saturated heterocycles. The first-order valence-electron chi connectivity index (χ1n) is 11.3. The fraction of sp³-hybridized carbons (Fsp3) is 0.500. The predicted octanol–water partition coefficient (Wildman–Crippen LogP) is 4.53. The zero-order valence-electron chi connectivity index (χ0n) is 18.8. The average Bonchev–Trinajstić information content (AvgIpc) is 3.05. The van der Waals surface area contributed by atoms with Crippen molar-refractivity contribution in [2.75, 3.05) is 13.1 Å². The van der Waals surface area contributed by atoms with Crippen molar-refractivity contribution in [2.24, 2.45) is 0 Å². The molecule has 0 spiro atoms. The van der Waals surface area contributed by atoms with Crippen molar-refractivity contribution in [3.63, 3.8) is 0 Å². The van der Waals surface area contributed by atoms with E-state index in [0.29, 0.717) is 18.2 Å². The van der Waals surface area contributed by atoms with Crippen LogP contribution < -0.4 is 10.1 Å². The quantitative estimate of drug-likeness (QED) is 0.766. The molecule has 4 rings (SSSR count). The number of hydrogen-bond acceptors (Lipinski definition) is 3. The van der Waals surface area contributed by atoms with E-state index in [1.807, 2.05) is 6.07 Å². The first kappa shape index (κ1) is 20.9. The Morgan fingerprint density at radius 1 is 1.17 bits per heavy atom. The summed E-state index contributed by atoms with van der Waals surface area (Å²) in [6, 6.07) is 13.2. The van der Waals surface area contributed by atoms with Crippen molar-refractivity contribution in [2.45, 2.75) is 71.6 Å². The molecule has 0 fully saturated rings. The summed E-state index contributed by atoms with van der Waals surface area (Å²) in [4.78, 5) is 15.7. The second-order valence-electron chi connectivity index (χ2n) is 9.33. The van der Waals surface area contributed by atoms with Crippen LogP contribution in [0.15, 0.2) is 36.4 Å². The topological polar surface area (TPSA) is 41.6 Å². The van der Waals surface area contributed by atoms with Crippen LogP contribution in [0.3, 0.4) is 0 Å². The van der Waals surface area contributed by atoms with Crippen molar-refractivity contribution < 1.29 is 9.53 Å². The van der Waals surface area contributed by atoms with Crippen molar-refractivity contribution in [1.29, 1.82) is 0 Å². The van der Waals surface area contributed by atoms with Gasteiger partial charge in [-0.1, -0.05) is 44.2 Å². The van der Waals surface area contributed by atoms with Crippen LogP contribution in [0, 0.1) is 0 Å². The van der Waals surface area contributed by atoms with Gasteiger partial charge in [0.25, 0.3) is 5.91 Å². The largest absolute Gasteiger partial charge is 0.486 e. The minimum atomic E-state index is -0.255. The molecule has 2 aliphatic rings. The summed E-state index contributed by atoms with van der Waals surface area (Å²) >= 11 is 0. The Morgan fingerprint density at radius 2 is 1.93 bits per heavy atom. The van der Waals surface area contributed by atoms with E-state index in [9.17, 15) is 4.79 Å². The molecule has 30 heavy (non-hydrogen) atoms. The molecule has 2 aromatic carbocycles. The number of aryl methyl sites for hydroxylation is 1. The normalized spacial score (nSPS) is 19.7. The number of fused-ring (bicyclic) bond motifs is 2. The molecule has 1 amide bonds. The molecule has 0 bridgehead atoms. The summed E-state index contributed by atoms with van der Waals surface area (Å²) in [5.74, 6) is 0.753. The summed E-state index contributed by atoms with van der Waals surface area (Å²) in [5, 5.41) is 3.24. The van der Waals surface area contributed by atoms with Crippen LogP contribution >= 0.6 is 0 Å². The van der Waals surface area contributed by atoms with Gasteiger partial charge in [-0.3, -0.25) is 9.69 Å². The molecule has 0 aromatic heterocycles. The van der Waals surface area contributed by atoms with Crippen molar-refractivity contribution >= 4 is 5.91 Å². The Labute approximate surface area is 180 Å². The molecule has 4 nitrogen and oxygen atoms in total. The molecule has 0 radical (unpaired) electrons. The third-order valence-electron chi connectivity index (χ3n) is 6.35. The summed E-state index contributed by atoms with van der Waals surface area (Å²) in [5.41, 5.74) is 5.60. The van der Waals surface area contributed by atoms with Crippen LogP contribution in [-0.4, -0.2) is 35.5 Å². The van der Waals surface area contributed by atoms with Crippen LogP contribution in [0.2, 0.25) is 0 Å². The maximum atomic E-state index is 13.2. The SMILES string of the molecule is CCCN1Cc2ccccc2C[C@H]1CNC(=O)c1cc(CC)cc2c1OC(C)(C)C2. The van der Waals surface area contributed by atoms with Gasteiger partial charge in [0.2, 0.25) is 0 Å². The molecule has 2 aromatic rings. The minimum Gasteiger partial charge on any atom is -0.486 e. The van der Waals surface area contributed by atoms with Gasteiger partial charge >= 0.3 is 0 Å². The van der Waals surface area contributed by atoms with E-state index in [1.165, 1.54) is 16.7 Å². The number of benzene rings is 2. The Bertz CT molecular complexity index is 935. The number of carbonyl (C=O) groups excluding carboxylic acids is 1. The molecular formula is C26H34N2O2. The van der Waals surface area contributed by atoms with Gasteiger partial charge in [0, 0.05) is 25.6 Å². The number of nitrogens with one attached hydrogen (secondary N) is 1. The Morgan fingerprint density at radius 3 is 2.67 bits per heavy atom. The highest BCUT2D eigenvalue weighted by atomic mass is 16.5. The number of hydrogen-bond donors (Lipinski definition) is 1. The lowest BCUT2D eigenvalue weighted by molar-refractivity contribution is 0.0912. The van der Waals surface area contributed by atoms with Gasteiger partial charge < -0.3 is 10.1 Å². The highest BCUT2D eigenvalue weighted by Gasteiger charge is 2.34. The van der Waals surface area contributed by atoms with Crippen LogP contribution in [0.4, 0.5) is 0 Å². The fourth-order valence-electron chi connectivity index (χ4n) is 4.85. The summed E-state index contributed by atoms with van der Waals surface area (Å²) in [7, 11) is 0. The van der Waals surface area contributed by atoms with E-state index in [-0.39, 0.29) is 11.5 Å². The molecule has 2 heterocycles. The molecule has 1 N–H and O–H groups in total. The van der Waals surface area contributed by atoms with E-state index in [0.717, 1.165) is 50.1 Å². The molecule has 1 atom stereocenters. The zero-order valence-corrected chi connectivity index (χ0v) is 18.8. The third kappa shape index (κ3) is 4.24. The molecule has 0 unspecified atom stereocenters. The summed E-state index contributed by atoms with van der Waals surface area (Å²) in [6.07, 6.45) is 3.85. The van der Waals surface area contributed by atoms with E-state index >= 15 is 0 Å². The smallest absolute Gasteiger partial charge is 0.255 e. The van der Waals surface area contributed by atoms with Gasteiger partial charge in [-0.25, -0.2) is 0 Å². The van der Waals surface area contributed by atoms with Crippen LogP contribution in [-0.2, 0) is 25.8 Å². The number of ether oxygens (including phenoxy) is 1. The highest BCUT2D eigenvalue weighted by molar-refractivity contribution is 5.98. The lowest BCUT2D eigenvalue weighted by Crippen LogP contribution is -2.47. The monoisotopic (exact) mass is 406 g/mol. The van der Waals surface area contributed by atoms with Crippen molar-refractivity contribution in [3.05, 3.63) is 64.2 Å². The number of rotatable bonds is 6. The zero-order chi connectivity index (χ0) is 21.3. The molecular weight excluding hydrogens is 372 g/mol. The van der Waals surface area contributed by atoms with Gasteiger partial charge in [0.15, 0.2) is 0 Å². The Balaban J connectivity index is 1.52. The van der Waals surface area contributed by atoms with Crippen LogP contribution in [0.5, 0.6) is 5.75 Å². The average molecular weight is 407 g/mol. The maximum Gasteiger partial charge on any atom is 0.255 e. The van der Waals surface area contributed by atoms with E-state index in [2.05, 4.69) is 68.2 Å². The summed E-state index contributed by atoms with van der Waals surface area (Å²) < 4.78 is 6.17. The minimum absolute atomic E-state index is 0.0189. The van der Waals surface area contributed by atoms with Gasteiger partial charge in [-0.2, -0.15) is 0 Å².